The highest BCUT2D eigenvalue weighted by atomic mass is 15.1. The van der Waals surface area contributed by atoms with Gasteiger partial charge in [0.1, 0.15) is 0 Å². The second-order valence-corrected chi connectivity index (χ2v) is 13.4. The highest BCUT2D eigenvalue weighted by Crippen LogP contribution is 2.40. The van der Waals surface area contributed by atoms with Gasteiger partial charge in [0.15, 0.2) is 0 Å². The molecule has 10 rings (SSSR count). The summed E-state index contributed by atoms with van der Waals surface area (Å²) in [5.41, 5.74) is 11.8. The molecule has 0 atom stereocenters. The molecular formula is C50H34N2. The molecule has 0 amide bonds. The van der Waals surface area contributed by atoms with E-state index in [-0.39, 0.29) is 0 Å². The van der Waals surface area contributed by atoms with E-state index < -0.39 is 0 Å². The fourth-order valence-electron chi connectivity index (χ4n) is 7.82. The number of fused-ring (bicyclic) bond motifs is 6. The zero-order valence-corrected chi connectivity index (χ0v) is 28.5. The van der Waals surface area contributed by atoms with Crippen LogP contribution in [0.4, 0.5) is 17.1 Å². The van der Waals surface area contributed by atoms with Crippen LogP contribution in [0.15, 0.2) is 206 Å². The van der Waals surface area contributed by atoms with Crippen LogP contribution in [0.25, 0.3) is 71.3 Å². The maximum atomic E-state index is 2.42. The maximum Gasteiger partial charge on any atom is 0.0547 e. The Bertz CT molecular complexity index is 2850. The van der Waals surface area contributed by atoms with Gasteiger partial charge in [0.05, 0.1) is 11.0 Å². The molecule has 0 aliphatic carbocycles. The van der Waals surface area contributed by atoms with Gasteiger partial charge < -0.3 is 9.47 Å². The number of hydrogen-bond donors (Lipinski definition) is 0. The first-order chi connectivity index (χ1) is 25.8. The molecule has 0 saturated heterocycles. The van der Waals surface area contributed by atoms with Gasteiger partial charge >= 0.3 is 0 Å². The van der Waals surface area contributed by atoms with Crippen molar-refractivity contribution in [3.63, 3.8) is 0 Å². The molecule has 2 nitrogen and oxygen atoms in total. The lowest BCUT2D eigenvalue weighted by Gasteiger charge is -2.26. The van der Waals surface area contributed by atoms with E-state index in [1.165, 1.54) is 65.6 Å². The van der Waals surface area contributed by atoms with E-state index in [2.05, 4.69) is 216 Å². The Morgan fingerprint density at radius 1 is 0.288 bits per heavy atom. The Labute approximate surface area is 303 Å². The van der Waals surface area contributed by atoms with E-state index in [1.807, 2.05) is 0 Å². The van der Waals surface area contributed by atoms with Gasteiger partial charge in [-0.05, 0) is 111 Å². The van der Waals surface area contributed by atoms with Gasteiger partial charge in [-0.25, -0.2) is 0 Å². The van der Waals surface area contributed by atoms with Crippen LogP contribution >= 0.6 is 0 Å². The molecule has 1 heterocycles. The predicted molar refractivity (Wildman–Crippen MR) is 221 cm³/mol. The molecule has 1 aromatic heterocycles. The van der Waals surface area contributed by atoms with Crippen LogP contribution in [0.2, 0.25) is 0 Å². The average Bonchev–Trinajstić information content (AvgIpc) is 3.54. The summed E-state index contributed by atoms with van der Waals surface area (Å²) in [5.74, 6) is 0. The Morgan fingerprint density at radius 2 is 0.808 bits per heavy atom. The normalized spacial score (nSPS) is 11.5. The lowest BCUT2D eigenvalue weighted by molar-refractivity contribution is 1.18. The minimum Gasteiger partial charge on any atom is -0.310 e. The van der Waals surface area contributed by atoms with Crippen molar-refractivity contribution in [2.24, 2.45) is 0 Å². The fourth-order valence-corrected chi connectivity index (χ4v) is 7.82. The summed E-state index contributed by atoms with van der Waals surface area (Å²) < 4.78 is 2.42. The van der Waals surface area contributed by atoms with Crippen LogP contribution in [0.5, 0.6) is 0 Å². The third-order valence-corrected chi connectivity index (χ3v) is 10.3. The average molecular weight is 663 g/mol. The van der Waals surface area contributed by atoms with Gasteiger partial charge in [0, 0.05) is 33.5 Å². The minimum absolute atomic E-state index is 1.12. The monoisotopic (exact) mass is 662 g/mol. The fraction of sp³-hybridized carbons (Fsp3) is 0. The Kier molecular flexibility index (Phi) is 7.18. The van der Waals surface area contributed by atoms with Crippen LogP contribution < -0.4 is 4.90 Å². The van der Waals surface area contributed by atoms with Gasteiger partial charge in [0.25, 0.3) is 0 Å². The summed E-state index contributed by atoms with van der Waals surface area (Å²) in [5, 5.41) is 7.47. The van der Waals surface area contributed by atoms with E-state index in [4.69, 9.17) is 0 Å². The van der Waals surface area contributed by atoms with E-state index in [0.717, 1.165) is 22.7 Å². The summed E-state index contributed by atoms with van der Waals surface area (Å²) in [4.78, 5) is 2.35. The molecule has 0 spiro atoms. The van der Waals surface area contributed by atoms with E-state index >= 15 is 0 Å². The quantitative estimate of drug-likeness (QED) is 0.161. The summed E-state index contributed by atoms with van der Waals surface area (Å²) >= 11 is 0. The van der Waals surface area contributed by atoms with Crippen molar-refractivity contribution in [1.29, 1.82) is 0 Å². The van der Waals surface area contributed by atoms with Crippen molar-refractivity contribution in [1.82, 2.24) is 4.57 Å². The number of para-hydroxylation sites is 2. The lowest BCUT2D eigenvalue weighted by Crippen LogP contribution is -2.09. The van der Waals surface area contributed by atoms with E-state index in [1.54, 1.807) is 0 Å². The van der Waals surface area contributed by atoms with Crippen LogP contribution in [-0.2, 0) is 0 Å². The first kappa shape index (κ1) is 30.0. The highest BCUT2D eigenvalue weighted by Gasteiger charge is 2.17. The largest absolute Gasteiger partial charge is 0.310 e. The number of aromatic nitrogens is 1. The van der Waals surface area contributed by atoms with Gasteiger partial charge in [-0.15, -0.1) is 0 Å². The topological polar surface area (TPSA) is 8.17 Å². The molecule has 244 valence electrons. The molecule has 0 saturated carbocycles. The molecule has 10 aromatic rings. The minimum atomic E-state index is 1.12. The SMILES string of the molecule is c1ccc(-c2ccc(N(c3ccccc3)c3ccc4c(ccc5cc6c7ccccc7n(-c7ccc(-c8ccccc8)cc7)c6cc54)c3)cc2)cc1. The third kappa shape index (κ3) is 5.12. The molecule has 0 N–H and O–H groups in total. The molecule has 0 bridgehead atoms. The second-order valence-electron chi connectivity index (χ2n) is 13.4. The molecule has 2 heteroatoms. The third-order valence-electron chi connectivity index (χ3n) is 10.3. The van der Waals surface area contributed by atoms with Crippen molar-refractivity contribution >= 4 is 60.4 Å². The second kappa shape index (κ2) is 12.5. The summed E-state index contributed by atoms with van der Waals surface area (Å²) in [7, 11) is 0. The van der Waals surface area contributed by atoms with Gasteiger partial charge in [-0.2, -0.15) is 0 Å². The molecule has 0 unspecified atom stereocenters. The molecule has 0 aliphatic heterocycles. The molecular weight excluding hydrogens is 629 g/mol. The number of rotatable bonds is 6. The first-order valence-electron chi connectivity index (χ1n) is 17.8. The number of benzene rings is 9. The van der Waals surface area contributed by atoms with Crippen LogP contribution in [0.3, 0.4) is 0 Å². The lowest BCUT2D eigenvalue weighted by atomic mass is 9.99. The van der Waals surface area contributed by atoms with Crippen molar-refractivity contribution in [3.8, 4) is 27.9 Å². The Balaban J connectivity index is 1.11. The van der Waals surface area contributed by atoms with Gasteiger partial charge in [-0.3, -0.25) is 0 Å². The predicted octanol–water partition coefficient (Wildman–Crippen LogP) is 13.9. The maximum absolute atomic E-state index is 2.42. The standard InChI is InChI=1S/C50H34N2/c1-4-12-35(13-5-1)37-22-26-42(27-23-37)51(41-16-8-3-9-17-41)44-30-31-45-39(32-44)20-21-40-33-48-46-18-10-11-19-49(46)52(50(48)34-47(40)45)43-28-24-38(25-29-43)36-14-6-2-7-15-36/h1-34H. The molecule has 0 aliphatic rings. The summed E-state index contributed by atoms with van der Waals surface area (Å²) in [6.07, 6.45) is 0. The Hall–Kier alpha value is -6.90. The van der Waals surface area contributed by atoms with Gasteiger partial charge in [0.2, 0.25) is 0 Å². The van der Waals surface area contributed by atoms with Crippen molar-refractivity contribution in [2.45, 2.75) is 0 Å². The number of anilines is 3. The van der Waals surface area contributed by atoms with Crippen LogP contribution in [0, 0.1) is 0 Å². The van der Waals surface area contributed by atoms with Gasteiger partial charge in [-0.1, -0.05) is 140 Å². The number of nitrogens with zero attached hydrogens (tertiary/aromatic N) is 2. The number of hydrogen-bond acceptors (Lipinski definition) is 1. The molecule has 52 heavy (non-hydrogen) atoms. The summed E-state index contributed by atoms with van der Waals surface area (Å²) in [6.45, 7) is 0. The highest BCUT2D eigenvalue weighted by molar-refractivity contribution is 6.18. The van der Waals surface area contributed by atoms with Crippen molar-refractivity contribution in [3.05, 3.63) is 206 Å². The molecule has 0 fully saturated rings. The van der Waals surface area contributed by atoms with Crippen molar-refractivity contribution < 1.29 is 0 Å². The van der Waals surface area contributed by atoms with Crippen molar-refractivity contribution in [2.75, 3.05) is 4.90 Å². The van der Waals surface area contributed by atoms with E-state index in [0.29, 0.717) is 0 Å². The zero-order chi connectivity index (χ0) is 34.4. The summed E-state index contributed by atoms with van der Waals surface area (Å²) in [6, 6.07) is 74.6. The molecule has 9 aromatic carbocycles. The zero-order valence-electron chi connectivity index (χ0n) is 28.5. The van der Waals surface area contributed by atoms with E-state index in [9.17, 15) is 0 Å². The molecule has 0 radical (unpaired) electrons. The Morgan fingerprint density at radius 3 is 1.48 bits per heavy atom. The first-order valence-corrected chi connectivity index (χ1v) is 17.8. The van der Waals surface area contributed by atoms with Crippen LogP contribution in [0.1, 0.15) is 0 Å². The van der Waals surface area contributed by atoms with Crippen LogP contribution in [-0.4, -0.2) is 4.57 Å². The smallest absolute Gasteiger partial charge is 0.0547 e.